The van der Waals surface area contributed by atoms with Crippen molar-refractivity contribution in [1.29, 1.82) is 0 Å². The first kappa shape index (κ1) is 19.7. The van der Waals surface area contributed by atoms with Gasteiger partial charge in [0.1, 0.15) is 0 Å². The van der Waals surface area contributed by atoms with E-state index in [0.29, 0.717) is 0 Å². The Morgan fingerprint density at radius 2 is 2.07 bits per heavy atom. The van der Waals surface area contributed by atoms with Gasteiger partial charge < -0.3 is 19.9 Å². The minimum absolute atomic E-state index is 0.0341. The van der Waals surface area contributed by atoms with Crippen LogP contribution in [0.2, 0.25) is 0 Å². The number of aromatic nitrogens is 1. The highest BCUT2D eigenvalue weighted by Gasteiger charge is 2.33. The largest absolute Gasteiger partial charge is 0.382 e. The quantitative estimate of drug-likeness (QED) is 0.567. The fraction of sp³-hybridized carbons (Fsp3) is 0.375. The molecule has 4 rings (SSSR count). The molecule has 0 aliphatic carbocycles. The highest BCUT2D eigenvalue weighted by molar-refractivity contribution is 5.97. The van der Waals surface area contributed by atoms with Crippen molar-refractivity contribution < 1.29 is 9.53 Å². The van der Waals surface area contributed by atoms with Crippen LogP contribution < -0.4 is 10.6 Å². The normalized spacial score (nSPS) is 18.9. The number of ether oxygens (including phenoxy) is 1. The van der Waals surface area contributed by atoms with E-state index in [9.17, 15) is 4.79 Å². The summed E-state index contributed by atoms with van der Waals surface area (Å²) >= 11 is 0. The van der Waals surface area contributed by atoms with Gasteiger partial charge in [-0.25, -0.2) is 0 Å². The third-order valence-electron chi connectivity index (χ3n) is 5.66. The van der Waals surface area contributed by atoms with Gasteiger partial charge in [-0.2, -0.15) is 0 Å². The number of benzene rings is 2. The van der Waals surface area contributed by atoms with E-state index in [1.807, 2.05) is 31.2 Å². The van der Waals surface area contributed by atoms with Crippen LogP contribution in [0.5, 0.6) is 0 Å². The molecule has 1 amide bonds. The number of rotatable bonds is 8. The molecule has 2 heterocycles. The van der Waals surface area contributed by atoms with E-state index in [-0.39, 0.29) is 17.9 Å². The molecule has 0 radical (unpaired) electrons. The number of hydrogen-bond acceptors (Lipinski definition) is 3. The van der Waals surface area contributed by atoms with E-state index in [2.05, 4.69) is 51.7 Å². The van der Waals surface area contributed by atoms with Crippen LogP contribution in [0.1, 0.15) is 31.2 Å². The van der Waals surface area contributed by atoms with E-state index in [0.717, 1.165) is 50.2 Å². The van der Waals surface area contributed by atoms with E-state index in [1.165, 1.54) is 11.1 Å². The second kappa shape index (κ2) is 9.25. The van der Waals surface area contributed by atoms with Crippen LogP contribution in [0.15, 0.2) is 60.8 Å². The second-order valence-corrected chi connectivity index (χ2v) is 7.56. The molecule has 1 aromatic heterocycles. The summed E-state index contributed by atoms with van der Waals surface area (Å²) < 4.78 is 7.67. The first-order chi connectivity index (χ1) is 14.3. The van der Waals surface area contributed by atoms with Gasteiger partial charge in [0.05, 0.1) is 6.04 Å². The molecule has 1 fully saturated rings. The summed E-state index contributed by atoms with van der Waals surface area (Å²) in [6.07, 6.45) is 4.07. The van der Waals surface area contributed by atoms with Crippen LogP contribution in [0.3, 0.4) is 0 Å². The Labute approximate surface area is 172 Å². The lowest BCUT2D eigenvalue weighted by atomic mass is 9.91. The predicted molar refractivity (Wildman–Crippen MR) is 117 cm³/mol. The van der Waals surface area contributed by atoms with E-state index in [1.54, 1.807) is 0 Å². The number of hydrogen-bond donors (Lipinski definition) is 2. The number of carbonyl (C=O) groups is 1. The maximum absolute atomic E-state index is 12.9. The maximum Gasteiger partial charge on any atom is 0.242 e. The summed E-state index contributed by atoms with van der Waals surface area (Å²) in [6.45, 7) is 5.35. The van der Waals surface area contributed by atoms with Gasteiger partial charge >= 0.3 is 0 Å². The van der Waals surface area contributed by atoms with Gasteiger partial charge in [0.15, 0.2) is 0 Å². The molecule has 1 aliphatic rings. The Balaban J connectivity index is 1.43. The van der Waals surface area contributed by atoms with Crippen molar-refractivity contribution in [1.82, 2.24) is 9.88 Å². The van der Waals surface area contributed by atoms with Gasteiger partial charge in [-0.05, 0) is 56.1 Å². The Morgan fingerprint density at radius 1 is 1.21 bits per heavy atom. The standard InChI is InChI=1S/C24H29N3O2/c1-2-29-16-6-14-27-15-12-19-17-20(9-10-22(19)27)26-24(28)23-21(11-13-25-23)18-7-4-3-5-8-18/h3-5,7-10,12,15,17,21,23,25H,2,6,11,13-14,16H2,1H3,(H,26,28)/t21-,23-/m0/s1. The Morgan fingerprint density at radius 3 is 2.90 bits per heavy atom. The number of amides is 1. The van der Waals surface area contributed by atoms with Crippen LogP contribution in [-0.2, 0) is 16.1 Å². The van der Waals surface area contributed by atoms with Crippen LogP contribution >= 0.6 is 0 Å². The molecule has 152 valence electrons. The zero-order valence-corrected chi connectivity index (χ0v) is 16.9. The number of fused-ring (bicyclic) bond motifs is 1. The Bertz CT molecular complexity index is 951. The van der Waals surface area contributed by atoms with Gasteiger partial charge in [0.2, 0.25) is 5.91 Å². The molecule has 5 nitrogen and oxygen atoms in total. The zero-order chi connectivity index (χ0) is 20.1. The SMILES string of the molecule is CCOCCCn1ccc2cc(NC(=O)[C@H]3NCC[C@H]3c3ccccc3)ccc21. The fourth-order valence-electron chi connectivity index (χ4n) is 4.21. The van der Waals surface area contributed by atoms with Crippen molar-refractivity contribution in [3.8, 4) is 0 Å². The predicted octanol–water partition coefficient (Wildman–Crippen LogP) is 4.15. The van der Waals surface area contributed by atoms with Crippen molar-refractivity contribution >= 4 is 22.5 Å². The minimum Gasteiger partial charge on any atom is -0.382 e. The molecule has 2 aromatic carbocycles. The number of anilines is 1. The minimum atomic E-state index is -0.198. The van der Waals surface area contributed by atoms with Crippen LogP contribution in [0.25, 0.3) is 10.9 Å². The molecule has 0 unspecified atom stereocenters. The highest BCUT2D eigenvalue weighted by atomic mass is 16.5. The average Bonchev–Trinajstić information content (AvgIpc) is 3.39. The molecular weight excluding hydrogens is 362 g/mol. The van der Waals surface area contributed by atoms with Crippen molar-refractivity contribution in [3.05, 3.63) is 66.4 Å². The molecule has 1 saturated heterocycles. The Kier molecular flexibility index (Phi) is 6.27. The molecule has 0 spiro atoms. The highest BCUT2D eigenvalue weighted by Crippen LogP contribution is 2.29. The van der Waals surface area contributed by atoms with Crippen LogP contribution in [0, 0.1) is 0 Å². The van der Waals surface area contributed by atoms with E-state index in [4.69, 9.17) is 4.74 Å². The summed E-state index contributed by atoms with van der Waals surface area (Å²) in [5, 5.41) is 7.62. The van der Waals surface area contributed by atoms with Crippen LogP contribution in [-0.4, -0.2) is 36.3 Å². The number of aryl methyl sites for hydroxylation is 1. The molecule has 2 atom stereocenters. The first-order valence-corrected chi connectivity index (χ1v) is 10.5. The Hall–Kier alpha value is -2.63. The van der Waals surface area contributed by atoms with Gasteiger partial charge in [0.25, 0.3) is 0 Å². The number of nitrogens with one attached hydrogen (secondary N) is 2. The lowest BCUT2D eigenvalue weighted by Gasteiger charge is -2.19. The molecule has 2 N–H and O–H groups in total. The topological polar surface area (TPSA) is 55.3 Å². The first-order valence-electron chi connectivity index (χ1n) is 10.5. The summed E-state index contributed by atoms with van der Waals surface area (Å²) in [5.41, 5.74) is 3.24. The number of carbonyl (C=O) groups excluding carboxylic acids is 1. The molecule has 5 heteroatoms. The van der Waals surface area contributed by atoms with Gasteiger partial charge in [-0.1, -0.05) is 30.3 Å². The molecular formula is C24H29N3O2. The maximum atomic E-state index is 12.9. The third kappa shape index (κ3) is 4.52. The summed E-state index contributed by atoms with van der Waals surface area (Å²) in [5.74, 6) is 0.248. The molecule has 1 aliphatic heterocycles. The molecule has 0 saturated carbocycles. The molecule has 0 bridgehead atoms. The van der Waals surface area contributed by atoms with Gasteiger partial charge in [0, 0.05) is 48.5 Å². The summed E-state index contributed by atoms with van der Waals surface area (Å²) in [4.78, 5) is 12.9. The smallest absolute Gasteiger partial charge is 0.242 e. The number of nitrogens with zero attached hydrogens (tertiary/aromatic N) is 1. The van der Waals surface area contributed by atoms with Gasteiger partial charge in [-0.15, -0.1) is 0 Å². The summed E-state index contributed by atoms with van der Waals surface area (Å²) in [7, 11) is 0. The average molecular weight is 392 g/mol. The zero-order valence-electron chi connectivity index (χ0n) is 16.9. The van der Waals surface area contributed by atoms with Crippen molar-refractivity contribution in [2.75, 3.05) is 25.1 Å². The van der Waals surface area contributed by atoms with Crippen LogP contribution in [0.4, 0.5) is 5.69 Å². The third-order valence-corrected chi connectivity index (χ3v) is 5.66. The van der Waals surface area contributed by atoms with Crippen molar-refractivity contribution in [2.45, 2.75) is 38.3 Å². The van der Waals surface area contributed by atoms with Crippen molar-refractivity contribution in [2.24, 2.45) is 0 Å². The monoisotopic (exact) mass is 391 g/mol. The molecule has 3 aromatic rings. The lowest BCUT2D eigenvalue weighted by molar-refractivity contribution is -0.118. The van der Waals surface area contributed by atoms with E-state index >= 15 is 0 Å². The van der Waals surface area contributed by atoms with Crippen molar-refractivity contribution in [3.63, 3.8) is 0 Å². The fourth-order valence-corrected chi connectivity index (χ4v) is 4.21. The van der Waals surface area contributed by atoms with Gasteiger partial charge in [-0.3, -0.25) is 4.79 Å². The molecule has 29 heavy (non-hydrogen) atoms. The van der Waals surface area contributed by atoms with E-state index < -0.39 is 0 Å². The lowest BCUT2D eigenvalue weighted by Crippen LogP contribution is -2.39. The summed E-state index contributed by atoms with van der Waals surface area (Å²) in [6, 6.07) is 18.3. The second-order valence-electron chi connectivity index (χ2n) is 7.56.